The third kappa shape index (κ3) is 2.91. The molecule has 0 amide bonds. The fourth-order valence-electron chi connectivity index (χ4n) is 1.93. The molecule has 18 heavy (non-hydrogen) atoms. The van der Waals surface area contributed by atoms with Crippen LogP contribution in [0, 0.1) is 0 Å². The Kier molecular flexibility index (Phi) is 4.38. The molecule has 2 N–H and O–H groups in total. The maximum absolute atomic E-state index is 5.97. The molecular formula is C12H14Cl3N3. The van der Waals surface area contributed by atoms with Crippen molar-refractivity contribution < 1.29 is 0 Å². The minimum Gasteiger partial charge on any atom is -0.330 e. The average Bonchev–Trinajstić information content (AvgIpc) is 2.69. The van der Waals surface area contributed by atoms with Gasteiger partial charge in [0.05, 0.1) is 11.0 Å². The van der Waals surface area contributed by atoms with Gasteiger partial charge in [-0.1, -0.05) is 46.9 Å². The van der Waals surface area contributed by atoms with Crippen molar-refractivity contribution in [1.29, 1.82) is 0 Å². The fourth-order valence-corrected chi connectivity index (χ4v) is 2.37. The van der Waals surface area contributed by atoms with E-state index in [2.05, 4.69) is 4.98 Å². The molecule has 0 unspecified atom stereocenters. The Hall–Kier alpha value is -0.480. The topological polar surface area (TPSA) is 43.8 Å². The third-order valence-corrected chi connectivity index (χ3v) is 3.25. The molecule has 98 valence electrons. The summed E-state index contributed by atoms with van der Waals surface area (Å²) >= 11 is 17.9. The summed E-state index contributed by atoms with van der Waals surface area (Å²) in [5.74, 6) is 0.464. The van der Waals surface area contributed by atoms with Crippen molar-refractivity contribution in [2.75, 3.05) is 6.54 Å². The summed E-state index contributed by atoms with van der Waals surface area (Å²) in [6, 6.07) is 7.76. The fraction of sp³-hybridized carbons (Fsp3) is 0.417. The molecule has 2 aromatic rings. The van der Waals surface area contributed by atoms with Crippen LogP contribution in [0.5, 0.6) is 0 Å². The van der Waals surface area contributed by atoms with Crippen molar-refractivity contribution in [3.63, 3.8) is 0 Å². The number of fused-ring (bicyclic) bond motifs is 1. The molecule has 0 aliphatic rings. The number of unbranched alkanes of at least 4 members (excludes halogenated alkanes) is 1. The highest BCUT2D eigenvalue weighted by atomic mass is 35.6. The van der Waals surface area contributed by atoms with Gasteiger partial charge in [-0.3, -0.25) is 0 Å². The monoisotopic (exact) mass is 305 g/mol. The molecule has 1 aromatic heterocycles. The van der Waals surface area contributed by atoms with E-state index < -0.39 is 3.79 Å². The van der Waals surface area contributed by atoms with Crippen LogP contribution in [0.3, 0.4) is 0 Å². The van der Waals surface area contributed by atoms with Crippen molar-refractivity contribution >= 4 is 45.8 Å². The van der Waals surface area contributed by atoms with E-state index in [4.69, 9.17) is 40.5 Å². The van der Waals surface area contributed by atoms with Crippen molar-refractivity contribution in [3.05, 3.63) is 30.1 Å². The molecule has 0 saturated heterocycles. The second kappa shape index (κ2) is 5.66. The van der Waals surface area contributed by atoms with Gasteiger partial charge in [-0.25, -0.2) is 4.98 Å². The van der Waals surface area contributed by atoms with Gasteiger partial charge in [-0.2, -0.15) is 0 Å². The van der Waals surface area contributed by atoms with Gasteiger partial charge in [0.1, 0.15) is 0 Å². The minimum absolute atomic E-state index is 0.464. The van der Waals surface area contributed by atoms with Gasteiger partial charge in [0.15, 0.2) is 5.82 Å². The average molecular weight is 307 g/mol. The lowest BCUT2D eigenvalue weighted by molar-refractivity contribution is 0.606. The lowest BCUT2D eigenvalue weighted by atomic mass is 10.3. The molecule has 0 aliphatic carbocycles. The Balaban J connectivity index is 2.44. The maximum Gasteiger partial charge on any atom is 0.248 e. The second-order valence-electron chi connectivity index (χ2n) is 4.07. The highest BCUT2D eigenvalue weighted by Gasteiger charge is 2.30. The molecule has 6 heteroatoms. The predicted octanol–water partition coefficient (Wildman–Crippen LogP) is 3.60. The van der Waals surface area contributed by atoms with Crippen molar-refractivity contribution in [1.82, 2.24) is 9.55 Å². The van der Waals surface area contributed by atoms with E-state index in [1.54, 1.807) is 0 Å². The van der Waals surface area contributed by atoms with Crippen LogP contribution in [0.4, 0.5) is 0 Å². The van der Waals surface area contributed by atoms with Crippen molar-refractivity contribution in [2.24, 2.45) is 5.73 Å². The SMILES string of the molecule is NCCCCn1c(C(Cl)(Cl)Cl)nc2ccccc21. The smallest absolute Gasteiger partial charge is 0.248 e. The van der Waals surface area contributed by atoms with E-state index in [1.807, 2.05) is 28.8 Å². The van der Waals surface area contributed by atoms with Crippen LogP contribution < -0.4 is 5.73 Å². The number of nitrogens with two attached hydrogens (primary N) is 1. The largest absolute Gasteiger partial charge is 0.330 e. The summed E-state index contributed by atoms with van der Waals surface area (Å²) in [6.07, 6.45) is 1.87. The highest BCUT2D eigenvalue weighted by Crippen LogP contribution is 2.39. The standard InChI is InChI=1S/C12H14Cl3N3/c13-12(14,15)11-17-9-5-1-2-6-10(9)18(11)8-4-3-7-16/h1-2,5-6H,3-4,7-8,16H2. The normalized spacial score (nSPS) is 12.2. The predicted molar refractivity (Wildman–Crippen MR) is 77.3 cm³/mol. The second-order valence-corrected chi connectivity index (χ2v) is 6.35. The van der Waals surface area contributed by atoms with Gasteiger partial charge < -0.3 is 10.3 Å². The molecule has 3 nitrogen and oxygen atoms in total. The van der Waals surface area contributed by atoms with Crippen LogP contribution in [0.15, 0.2) is 24.3 Å². The first kappa shape index (κ1) is 13.9. The number of aryl methyl sites for hydroxylation is 1. The number of para-hydroxylation sites is 2. The molecule has 0 fully saturated rings. The van der Waals surface area contributed by atoms with Gasteiger partial charge in [-0.15, -0.1) is 0 Å². The van der Waals surface area contributed by atoms with E-state index in [0.717, 1.165) is 30.4 Å². The Bertz CT molecular complexity index is 531. The highest BCUT2D eigenvalue weighted by molar-refractivity contribution is 6.66. The zero-order valence-corrected chi connectivity index (χ0v) is 12.0. The lowest BCUT2D eigenvalue weighted by Gasteiger charge is -2.14. The van der Waals surface area contributed by atoms with Gasteiger partial charge in [0, 0.05) is 6.54 Å². The van der Waals surface area contributed by atoms with E-state index in [9.17, 15) is 0 Å². The Morgan fingerprint density at radius 1 is 1.17 bits per heavy atom. The molecule has 2 rings (SSSR count). The number of hydrogen-bond donors (Lipinski definition) is 1. The van der Waals surface area contributed by atoms with Crippen LogP contribution in [0.25, 0.3) is 11.0 Å². The number of nitrogens with zero attached hydrogens (tertiary/aromatic N) is 2. The van der Waals surface area contributed by atoms with Crippen LogP contribution in [-0.2, 0) is 10.3 Å². The molecule has 0 atom stereocenters. The summed E-state index contributed by atoms with van der Waals surface area (Å²) in [5, 5.41) is 0. The molecule has 0 aliphatic heterocycles. The zero-order valence-electron chi connectivity index (χ0n) is 9.74. The molecule has 0 spiro atoms. The lowest BCUT2D eigenvalue weighted by Crippen LogP contribution is -2.13. The molecule has 1 heterocycles. The molecular weight excluding hydrogens is 293 g/mol. The van der Waals surface area contributed by atoms with E-state index in [1.165, 1.54) is 0 Å². The number of hydrogen-bond acceptors (Lipinski definition) is 2. The number of rotatable bonds is 4. The molecule has 0 bridgehead atoms. The molecule has 0 saturated carbocycles. The van der Waals surface area contributed by atoms with Crippen molar-refractivity contribution in [3.8, 4) is 0 Å². The van der Waals surface area contributed by atoms with Crippen LogP contribution >= 0.6 is 34.8 Å². The van der Waals surface area contributed by atoms with E-state index in [0.29, 0.717) is 12.4 Å². The van der Waals surface area contributed by atoms with Gasteiger partial charge in [0.2, 0.25) is 3.79 Å². The Labute approximate surface area is 121 Å². The number of imidazole rings is 1. The van der Waals surface area contributed by atoms with Crippen molar-refractivity contribution in [2.45, 2.75) is 23.2 Å². The number of aromatic nitrogens is 2. The van der Waals surface area contributed by atoms with Crippen LogP contribution in [0.2, 0.25) is 0 Å². The number of halogens is 3. The first-order valence-corrected chi connectivity index (χ1v) is 6.90. The zero-order chi connectivity index (χ0) is 13.2. The number of alkyl halides is 3. The summed E-state index contributed by atoms with van der Waals surface area (Å²) in [5.41, 5.74) is 7.32. The van der Waals surface area contributed by atoms with Gasteiger partial charge in [0.25, 0.3) is 0 Å². The third-order valence-electron chi connectivity index (χ3n) is 2.74. The summed E-state index contributed by atoms with van der Waals surface area (Å²) < 4.78 is 0.444. The summed E-state index contributed by atoms with van der Waals surface area (Å²) in [6.45, 7) is 1.41. The maximum atomic E-state index is 5.97. The Morgan fingerprint density at radius 3 is 2.56 bits per heavy atom. The number of benzene rings is 1. The molecule has 1 aromatic carbocycles. The Morgan fingerprint density at radius 2 is 1.89 bits per heavy atom. The summed E-state index contributed by atoms with van der Waals surface area (Å²) in [7, 11) is 0. The first-order valence-electron chi connectivity index (χ1n) is 5.76. The van der Waals surface area contributed by atoms with Gasteiger partial charge >= 0.3 is 0 Å². The van der Waals surface area contributed by atoms with E-state index in [-0.39, 0.29) is 0 Å². The summed E-state index contributed by atoms with van der Waals surface area (Å²) in [4.78, 5) is 4.40. The first-order chi connectivity index (χ1) is 8.54. The minimum atomic E-state index is -1.51. The van der Waals surface area contributed by atoms with Gasteiger partial charge in [-0.05, 0) is 31.5 Å². The molecule has 0 radical (unpaired) electrons. The van der Waals surface area contributed by atoms with E-state index >= 15 is 0 Å². The van der Waals surface area contributed by atoms with Crippen LogP contribution in [-0.4, -0.2) is 16.1 Å². The quantitative estimate of drug-likeness (QED) is 0.693. The van der Waals surface area contributed by atoms with Crippen LogP contribution in [0.1, 0.15) is 18.7 Å².